The first kappa shape index (κ1) is 14.3. The maximum absolute atomic E-state index is 6.20. The summed E-state index contributed by atoms with van der Waals surface area (Å²) in [6.07, 6.45) is 4.88. The summed E-state index contributed by atoms with van der Waals surface area (Å²) in [6.45, 7) is 11.8. The Morgan fingerprint density at radius 1 is 1.33 bits per heavy atom. The topological polar surface area (TPSA) is 38.5 Å². The van der Waals surface area contributed by atoms with Crippen molar-refractivity contribution in [3.63, 3.8) is 0 Å². The van der Waals surface area contributed by atoms with Crippen LogP contribution in [0.4, 0.5) is 0 Å². The maximum atomic E-state index is 6.20. The van der Waals surface area contributed by atoms with E-state index in [2.05, 4.69) is 32.6 Å². The summed E-state index contributed by atoms with van der Waals surface area (Å²) in [7, 11) is 0. The predicted molar refractivity (Wildman–Crippen MR) is 75.6 cm³/mol. The molecule has 0 aromatic heterocycles. The van der Waals surface area contributed by atoms with Crippen LogP contribution in [0.1, 0.15) is 53.4 Å². The van der Waals surface area contributed by atoms with Crippen molar-refractivity contribution in [1.82, 2.24) is 4.90 Å². The maximum Gasteiger partial charge on any atom is 0.0644 e. The number of hydrogen-bond donors (Lipinski definition) is 1. The van der Waals surface area contributed by atoms with Crippen LogP contribution in [0.15, 0.2) is 0 Å². The molecule has 2 fully saturated rings. The van der Waals surface area contributed by atoms with E-state index in [0.29, 0.717) is 5.92 Å². The molecule has 1 unspecified atom stereocenters. The third-order valence-electron chi connectivity index (χ3n) is 4.35. The fraction of sp³-hybridized carbons (Fsp3) is 1.00. The molecule has 1 aliphatic carbocycles. The lowest BCUT2D eigenvalue weighted by Crippen LogP contribution is -2.62. The zero-order valence-corrected chi connectivity index (χ0v) is 12.5. The molecule has 1 saturated carbocycles. The summed E-state index contributed by atoms with van der Waals surface area (Å²) >= 11 is 0. The summed E-state index contributed by atoms with van der Waals surface area (Å²) in [4.78, 5) is 2.72. The second kappa shape index (κ2) is 5.10. The Morgan fingerprint density at radius 2 is 2.00 bits per heavy atom. The van der Waals surface area contributed by atoms with Crippen LogP contribution in [0.5, 0.6) is 0 Å². The van der Waals surface area contributed by atoms with Crippen LogP contribution in [0.2, 0.25) is 0 Å². The van der Waals surface area contributed by atoms with Gasteiger partial charge in [-0.25, -0.2) is 0 Å². The highest BCUT2D eigenvalue weighted by molar-refractivity contribution is 5.04. The first-order chi connectivity index (χ1) is 8.38. The van der Waals surface area contributed by atoms with Crippen molar-refractivity contribution in [2.45, 2.75) is 70.6 Å². The number of ether oxygens (including phenoxy) is 1. The lowest BCUT2D eigenvalue weighted by molar-refractivity contribution is -0.122. The quantitative estimate of drug-likeness (QED) is 0.819. The zero-order valence-electron chi connectivity index (χ0n) is 12.5. The van der Waals surface area contributed by atoms with Crippen molar-refractivity contribution in [3.05, 3.63) is 0 Å². The molecule has 2 aliphatic rings. The van der Waals surface area contributed by atoms with Gasteiger partial charge in [0.05, 0.1) is 5.60 Å². The van der Waals surface area contributed by atoms with Crippen LogP contribution in [-0.4, -0.2) is 41.8 Å². The number of hydrogen-bond acceptors (Lipinski definition) is 3. The van der Waals surface area contributed by atoms with E-state index in [1.807, 2.05) is 0 Å². The third-order valence-corrected chi connectivity index (χ3v) is 4.35. The molecule has 1 saturated heterocycles. The van der Waals surface area contributed by atoms with E-state index in [9.17, 15) is 0 Å². The van der Waals surface area contributed by atoms with E-state index in [0.717, 1.165) is 32.0 Å². The molecule has 106 valence electrons. The van der Waals surface area contributed by atoms with Crippen LogP contribution in [0.25, 0.3) is 0 Å². The first-order valence-corrected chi connectivity index (χ1v) is 7.49. The molecule has 3 nitrogen and oxygen atoms in total. The highest BCUT2D eigenvalue weighted by atomic mass is 16.5. The van der Waals surface area contributed by atoms with Crippen molar-refractivity contribution < 1.29 is 4.74 Å². The number of rotatable bonds is 5. The molecule has 2 N–H and O–H groups in total. The summed E-state index contributed by atoms with van der Waals surface area (Å²) in [5, 5.41) is 0. The van der Waals surface area contributed by atoms with Crippen LogP contribution >= 0.6 is 0 Å². The van der Waals surface area contributed by atoms with Crippen LogP contribution in [0, 0.1) is 5.92 Å². The predicted octanol–water partition coefficient (Wildman–Crippen LogP) is 2.39. The van der Waals surface area contributed by atoms with Gasteiger partial charge in [-0.05, 0) is 45.4 Å². The zero-order chi connectivity index (χ0) is 13.4. The van der Waals surface area contributed by atoms with Crippen molar-refractivity contribution in [2.24, 2.45) is 11.7 Å². The van der Waals surface area contributed by atoms with E-state index in [1.165, 1.54) is 19.4 Å². The molecule has 0 bridgehead atoms. The van der Waals surface area contributed by atoms with Gasteiger partial charge in [0, 0.05) is 31.3 Å². The van der Waals surface area contributed by atoms with Crippen LogP contribution < -0.4 is 5.73 Å². The molecule has 0 aromatic carbocycles. The molecule has 1 atom stereocenters. The Bertz CT molecular complexity index is 286. The summed E-state index contributed by atoms with van der Waals surface area (Å²) in [6, 6.07) is 0.782. The SMILES string of the molecule is CC(C)CN(C1CC1)C1(CN)CCOC(C)(C)C1. The fourth-order valence-corrected chi connectivity index (χ4v) is 3.50. The summed E-state index contributed by atoms with van der Waals surface area (Å²) < 4.78 is 5.90. The van der Waals surface area contributed by atoms with Gasteiger partial charge in [0.1, 0.15) is 0 Å². The van der Waals surface area contributed by atoms with Gasteiger partial charge in [0.15, 0.2) is 0 Å². The van der Waals surface area contributed by atoms with Gasteiger partial charge in [-0.2, -0.15) is 0 Å². The molecule has 0 aromatic rings. The van der Waals surface area contributed by atoms with Crippen molar-refractivity contribution >= 4 is 0 Å². The van der Waals surface area contributed by atoms with Gasteiger partial charge >= 0.3 is 0 Å². The van der Waals surface area contributed by atoms with Crippen molar-refractivity contribution in [3.8, 4) is 0 Å². The van der Waals surface area contributed by atoms with Gasteiger partial charge in [-0.3, -0.25) is 4.90 Å². The van der Waals surface area contributed by atoms with Gasteiger partial charge in [0.25, 0.3) is 0 Å². The Balaban J connectivity index is 2.17. The molecule has 2 rings (SSSR count). The van der Waals surface area contributed by atoms with Crippen LogP contribution in [-0.2, 0) is 4.74 Å². The lowest BCUT2D eigenvalue weighted by atomic mass is 9.79. The Morgan fingerprint density at radius 3 is 2.44 bits per heavy atom. The molecular formula is C15H30N2O. The normalized spacial score (nSPS) is 32.2. The molecule has 0 spiro atoms. The Labute approximate surface area is 112 Å². The highest BCUT2D eigenvalue weighted by Crippen LogP contribution is 2.42. The minimum Gasteiger partial charge on any atom is -0.375 e. The van der Waals surface area contributed by atoms with Crippen molar-refractivity contribution in [1.29, 1.82) is 0 Å². The lowest BCUT2D eigenvalue weighted by Gasteiger charge is -2.51. The second-order valence-electron chi connectivity index (χ2n) is 7.24. The van der Waals surface area contributed by atoms with E-state index < -0.39 is 0 Å². The van der Waals surface area contributed by atoms with Gasteiger partial charge in [-0.15, -0.1) is 0 Å². The minimum atomic E-state index is -0.0261. The molecule has 1 aliphatic heterocycles. The monoisotopic (exact) mass is 254 g/mol. The molecule has 1 heterocycles. The average molecular weight is 254 g/mol. The molecule has 0 amide bonds. The second-order valence-corrected chi connectivity index (χ2v) is 7.24. The third kappa shape index (κ3) is 3.06. The fourth-order valence-electron chi connectivity index (χ4n) is 3.50. The number of nitrogens with two attached hydrogens (primary N) is 1. The van der Waals surface area contributed by atoms with Gasteiger partial charge in [-0.1, -0.05) is 13.8 Å². The van der Waals surface area contributed by atoms with Gasteiger partial charge < -0.3 is 10.5 Å². The van der Waals surface area contributed by atoms with Crippen LogP contribution in [0.3, 0.4) is 0 Å². The largest absolute Gasteiger partial charge is 0.375 e. The van der Waals surface area contributed by atoms with E-state index in [-0.39, 0.29) is 11.1 Å². The standard InChI is InChI=1S/C15H30N2O/c1-12(2)9-17(13-5-6-13)15(11-16)7-8-18-14(3,4)10-15/h12-13H,5-11,16H2,1-4H3. The molecular weight excluding hydrogens is 224 g/mol. The minimum absolute atomic E-state index is 0.0261. The molecule has 3 heteroatoms. The smallest absolute Gasteiger partial charge is 0.0644 e. The van der Waals surface area contributed by atoms with E-state index >= 15 is 0 Å². The highest BCUT2D eigenvalue weighted by Gasteiger charge is 2.48. The van der Waals surface area contributed by atoms with Gasteiger partial charge in [0.2, 0.25) is 0 Å². The molecule has 18 heavy (non-hydrogen) atoms. The van der Waals surface area contributed by atoms with E-state index in [1.54, 1.807) is 0 Å². The Hall–Kier alpha value is -0.120. The van der Waals surface area contributed by atoms with Crippen molar-refractivity contribution in [2.75, 3.05) is 19.7 Å². The number of nitrogens with zero attached hydrogens (tertiary/aromatic N) is 1. The Kier molecular flexibility index (Phi) is 4.05. The average Bonchev–Trinajstić information content (AvgIpc) is 3.07. The summed E-state index contributed by atoms with van der Waals surface area (Å²) in [5.74, 6) is 0.708. The summed E-state index contributed by atoms with van der Waals surface area (Å²) in [5.41, 5.74) is 6.35. The molecule has 0 radical (unpaired) electrons. The van der Waals surface area contributed by atoms with E-state index in [4.69, 9.17) is 10.5 Å². The first-order valence-electron chi connectivity index (χ1n) is 7.49.